The fourth-order valence-corrected chi connectivity index (χ4v) is 3.94. The Hall–Kier alpha value is -1.58. The van der Waals surface area contributed by atoms with Crippen LogP contribution in [0, 0.1) is 0 Å². The Labute approximate surface area is 139 Å². The molecule has 2 rings (SSSR count). The minimum absolute atomic E-state index is 0.231. The lowest BCUT2D eigenvalue weighted by atomic mass is 10.3. The van der Waals surface area contributed by atoms with E-state index in [4.69, 9.17) is 0 Å². The van der Waals surface area contributed by atoms with Crippen LogP contribution >= 0.6 is 11.8 Å². The number of benzene rings is 1. The smallest absolute Gasteiger partial charge is 0.270 e. The van der Waals surface area contributed by atoms with Gasteiger partial charge in [-0.3, -0.25) is 4.57 Å². The van der Waals surface area contributed by atoms with Crippen LogP contribution in [0.5, 0.6) is 0 Å². The number of thioether (sulfide) groups is 1. The van der Waals surface area contributed by atoms with Crippen LogP contribution in [0.3, 0.4) is 0 Å². The van der Waals surface area contributed by atoms with Crippen molar-refractivity contribution < 1.29 is 8.42 Å². The van der Waals surface area contributed by atoms with Crippen LogP contribution in [0.25, 0.3) is 0 Å². The van der Waals surface area contributed by atoms with E-state index in [1.165, 1.54) is 11.8 Å². The number of hydrogen-bond acceptors (Lipinski definition) is 5. The fourth-order valence-electron chi connectivity index (χ4n) is 1.93. The molecule has 0 radical (unpaired) electrons. The molecule has 0 aliphatic carbocycles. The van der Waals surface area contributed by atoms with E-state index in [-0.39, 0.29) is 17.1 Å². The molecule has 0 fully saturated rings. The molecule has 0 atom stereocenters. The zero-order chi connectivity index (χ0) is 16.7. The van der Waals surface area contributed by atoms with Crippen LogP contribution < -0.4 is 10.4 Å². The SMILES string of the molecule is CCCCn1c(SCCNS(=O)(=O)c2ccccc2)n[nH]c1=O. The molecule has 1 heterocycles. The highest BCUT2D eigenvalue weighted by atomic mass is 32.2. The van der Waals surface area contributed by atoms with E-state index in [0.717, 1.165) is 12.8 Å². The number of hydrogen-bond donors (Lipinski definition) is 2. The van der Waals surface area contributed by atoms with Gasteiger partial charge in [0.05, 0.1) is 4.90 Å². The lowest BCUT2D eigenvalue weighted by Crippen LogP contribution is -2.26. The largest absolute Gasteiger partial charge is 0.343 e. The Kier molecular flexibility index (Phi) is 6.43. The summed E-state index contributed by atoms with van der Waals surface area (Å²) in [5.74, 6) is 0.489. The second-order valence-electron chi connectivity index (χ2n) is 4.88. The molecule has 1 aromatic heterocycles. The van der Waals surface area contributed by atoms with Crippen molar-refractivity contribution in [3.63, 3.8) is 0 Å². The summed E-state index contributed by atoms with van der Waals surface area (Å²) in [6.45, 7) is 2.93. The quantitative estimate of drug-likeness (QED) is 0.523. The van der Waals surface area contributed by atoms with E-state index in [0.29, 0.717) is 17.5 Å². The van der Waals surface area contributed by atoms with E-state index in [1.807, 2.05) is 0 Å². The molecule has 0 unspecified atom stereocenters. The number of aromatic nitrogens is 3. The number of aromatic amines is 1. The summed E-state index contributed by atoms with van der Waals surface area (Å²) >= 11 is 1.35. The predicted octanol–water partition coefficient (Wildman–Crippen LogP) is 1.44. The van der Waals surface area contributed by atoms with Crippen molar-refractivity contribution in [1.29, 1.82) is 0 Å². The summed E-state index contributed by atoms with van der Waals surface area (Å²) in [4.78, 5) is 11.9. The summed E-state index contributed by atoms with van der Waals surface area (Å²) in [7, 11) is -3.49. The molecule has 0 amide bonds. The maximum absolute atomic E-state index is 12.1. The highest BCUT2D eigenvalue weighted by Crippen LogP contribution is 2.13. The van der Waals surface area contributed by atoms with Gasteiger partial charge in [-0.15, -0.1) is 5.10 Å². The van der Waals surface area contributed by atoms with E-state index < -0.39 is 10.0 Å². The standard InChI is InChI=1S/C14H20N4O3S2/c1-2-3-10-18-13(19)16-17-14(18)22-11-9-15-23(20,21)12-7-5-4-6-8-12/h4-8,15H,2-3,9-11H2,1H3,(H,16,19). The molecular formula is C14H20N4O3S2. The molecular weight excluding hydrogens is 336 g/mol. The average molecular weight is 356 g/mol. The topological polar surface area (TPSA) is 96.8 Å². The Morgan fingerprint density at radius 1 is 1.30 bits per heavy atom. The number of rotatable bonds is 9. The molecule has 0 aliphatic rings. The lowest BCUT2D eigenvalue weighted by molar-refractivity contribution is 0.572. The van der Waals surface area contributed by atoms with Gasteiger partial charge in [0, 0.05) is 18.8 Å². The number of H-pyrrole nitrogens is 1. The van der Waals surface area contributed by atoms with Gasteiger partial charge < -0.3 is 0 Å². The number of nitrogens with one attached hydrogen (secondary N) is 2. The zero-order valence-electron chi connectivity index (χ0n) is 12.9. The van der Waals surface area contributed by atoms with Crippen molar-refractivity contribution in [2.45, 2.75) is 36.4 Å². The molecule has 23 heavy (non-hydrogen) atoms. The monoisotopic (exact) mass is 356 g/mol. The van der Waals surface area contributed by atoms with Crippen LogP contribution in [0.15, 0.2) is 45.2 Å². The van der Waals surface area contributed by atoms with Gasteiger partial charge in [-0.2, -0.15) is 0 Å². The third-order valence-electron chi connectivity index (χ3n) is 3.14. The summed E-state index contributed by atoms with van der Waals surface area (Å²) < 4.78 is 28.2. The second-order valence-corrected chi connectivity index (χ2v) is 7.70. The molecule has 126 valence electrons. The minimum atomic E-state index is -3.49. The van der Waals surface area contributed by atoms with Crippen LogP contribution in [0.4, 0.5) is 0 Å². The molecule has 0 aliphatic heterocycles. The van der Waals surface area contributed by atoms with Gasteiger partial charge in [0.2, 0.25) is 10.0 Å². The van der Waals surface area contributed by atoms with Gasteiger partial charge in [0.15, 0.2) is 5.16 Å². The minimum Gasteiger partial charge on any atom is -0.270 e. The molecule has 7 nitrogen and oxygen atoms in total. The third-order valence-corrected chi connectivity index (χ3v) is 5.59. The summed E-state index contributed by atoms with van der Waals surface area (Å²) in [6, 6.07) is 8.22. The highest BCUT2D eigenvalue weighted by molar-refractivity contribution is 7.99. The van der Waals surface area contributed by atoms with Gasteiger partial charge in [-0.25, -0.2) is 23.0 Å². The first-order chi connectivity index (χ1) is 11.0. The van der Waals surface area contributed by atoms with Gasteiger partial charge >= 0.3 is 5.69 Å². The first-order valence-electron chi connectivity index (χ1n) is 7.37. The van der Waals surface area contributed by atoms with Crippen LogP contribution in [-0.4, -0.2) is 35.5 Å². The van der Waals surface area contributed by atoms with Crippen LogP contribution in [-0.2, 0) is 16.6 Å². The number of unbranched alkanes of at least 4 members (excludes halogenated alkanes) is 1. The van der Waals surface area contributed by atoms with E-state index in [9.17, 15) is 13.2 Å². The van der Waals surface area contributed by atoms with Crippen molar-refractivity contribution in [3.05, 3.63) is 40.8 Å². The van der Waals surface area contributed by atoms with Gasteiger partial charge in [0.25, 0.3) is 0 Å². The van der Waals surface area contributed by atoms with Crippen molar-refractivity contribution in [2.24, 2.45) is 0 Å². The van der Waals surface area contributed by atoms with Crippen LogP contribution in [0.2, 0.25) is 0 Å². The van der Waals surface area contributed by atoms with Gasteiger partial charge in [-0.1, -0.05) is 43.3 Å². The van der Waals surface area contributed by atoms with Crippen molar-refractivity contribution in [1.82, 2.24) is 19.5 Å². The molecule has 0 spiro atoms. The second kappa shape index (κ2) is 8.32. The van der Waals surface area contributed by atoms with E-state index in [2.05, 4.69) is 21.8 Å². The first kappa shape index (κ1) is 17.8. The molecule has 2 aromatic rings. The normalized spacial score (nSPS) is 11.7. The van der Waals surface area contributed by atoms with Crippen molar-refractivity contribution in [2.75, 3.05) is 12.3 Å². The zero-order valence-corrected chi connectivity index (χ0v) is 14.5. The maximum atomic E-state index is 12.1. The fraction of sp³-hybridized carbons (Fsp3) is 0.429. The Morgan fingerprint density at radius 3 is 2.74 bits per heavy atom. The summed E-state index contributed by atoms with van der Waals surface area (Å²) in [6.07, 6.45) is 1.88. The maximum Gasteiger partial charge on any atom is 0.343 e. The summed E-state index contributed by atoms with van der Waals surface area (Å²) in [5, 5.41) is 6.98. The number of nitrogens with zero attached hydrogens (tertiary/aromatic N) is 2. The Morgan fingerprint density at radius 2 is 2.04 bits per heavy atom. The van der Waals surface area contributed by atoms with Crippen molar-refractivity contribution >= 4 is 21.8 Å². The average Bonchev–Trinajstić information content (AvgIpc) is 2.90. The Balaban J connectivity index is 1.88. The molecule has 9 heteroatoms. The lowest BCUT2D eigenvalue weighted by Gasteiger charge is -2.07. The first-order valence-corrected chi connectivity index (χ1v) is 9.84. The van der Waals surface area contributed by atoms with Gasteiger partial charge in [-0.05, 0) is 18.6 Å². The van der Waals surface area contributed by atoms with E-state index in [1.54, 1.807) is 34.9 Å². The molecule has 1 aromatic carbocycles. The molecule has 2 N–H and O–H groups in total. The summed E-state index contributed by atoms with van der Waals surface area (Å²) in [5.41, 5.74) is -0.231. The van der Waals surface area contributed by atoms with Crippen molar-refractivity contribution in [3.8, 4) is 0 Å². The van der Waals surface area contributed by atoms with E-state index >= 15 is 0 Å². The highest BCUT2D eigenvalue weighted by Gasteiger charge is 2.13. The predicted molar refractivity (Wildman–Crippen MR) is 90.1 cm³/mol. The molecule has 0 bridgehead atoms. The number of sulfonamides is 1. The van der Waals surface area contributed by atoms with Crippen LogP contribution in [0.1, 0.15) is 19.8 Å². The molecule has 0 saturated heterocycles. The third kappa shape index (κ3) is 4.95. The molecule has 0 saturated carbocycles. The van der Waals surface area contributed by atoms with Gasteiger partial charge in [0.1, 0.15) is 0 Å². The Bertz CT molecular complexity index is 769.